The second-order valence-corrected chi connectivity index (χ2v) is 7.81. The number of para-hydroxylation sites is 3. The molecule has 2 N–H and O–H groups in total. The Labute approximate surface area is 205 Å². The fourth-order valence-electron chi connectivity index (χ4n) is 3.65. The summed E-state index contributed by atoms with van der Waals surface area (Å²) in [5.74, 6) is -0.255. The zero-order valence-electron chi connectivity index (χ0n) is 19.0. The number of rotatable bonds is 10. The van der Waals surface area contributed by atoms with Crippen LogP contribution in [0.5, 0.6) is 0 Å². The van der Waals surface area contributed by atoms with E-state index in [1.165, 1.54) is 18.2 Å². The molecular weight excluding hydrogens is 464 g/mol. The average molecular weight is 486 g/mol. The number of carbonyl (C=O) groups is 1. The molecule has 0 saturated heterocycles. The number of nitro groups is 2. The molecule has 3 aromatic carbocycles. The summed E-state index contributed by atoms with van der Waals surface area (Å²) in [6.45, 7) is 0.555. The number of carbonyl (C=O) groups excluding carboxylic acids is 1. The van der Waals surface area contributed by atoms with Gasteiger partial charge in [0, 0.05) is 48.6 Å². The third-order valence-corrected chi connectivity index (χ3v) is 5.38. The zero-order valence-corrected chi connectivity index (χ0v) is 19.0. The molecule has 0 atom stereocenters. The van der Waals surface area contributed by atoms with Gasteiger partial charge in [0.05, 0.1) is 27.6 Å². The van der Waals surface area contributed by atoms with Gasteiger partial charge < -0.3 is 10.6 Å². The molecule has 36 heavy (non-hydrogen) atoms. The van der Waals surface area contributed by atoms with Crippen LogP contribution in [0.15, 0.2) is 85.1 Å². The molecule has 1 amide bonds. The van der Waals surface area contributed by atoms with Gasteiger partial charge in [0.2, 0.25) is 5.91 Å². The fourth-order valence-corrected chi connectivity index (χ4v) is 3.65. The molecule has 0 radical (unpaired) electrons. The summed E-state index contributed by atoms with van der Waals surface area (Å²) < 4.78 is 1.66. The highest BCUT2D eigenvalue weighted by Gasteiger charge is 2.17. The smallest absolute Gasteiger partial charge is 0.292 e. The first-order valence-corrected chi connectivity index (χ1v) is 11.0. The van der Waals surface area contributed by atoms with Gasteiger partial charge in [0.25, 0.3) is 11.4 Å². The van der Waals surface area contributed by atoms with E-state index < -0.39 is 9.85 Å². The van der Waals surface area contributed by atoms with Crippen molar-refractivity contribution in [3.05, 3.63) is 111 Å². The molecule has 1 aromatic heterocycles. The molecule has 0 saturated carbocycles. The van der Waals surface area contributed by atoms with E-state index in [1.54, 1.807) is 41.2 Å². The first-order valence-electron chi connectivity index (χ1n) is 11.0. The molecule has 1 heterocycles. The van der Waals surface area contributed by atoms with Crippen molar-refractivity contribution >= 4 is 23.0 Å². The molecule has 0 spiro atoms. The number of aromatic nitrogens is 2. The van der Waals surface area contributed by atoms with Crippen LogP contribution in [0, 0.1) is 20.2 Å². The second-order valence-electron chi connectivity index (χ2n) is 7.81. The average Bonchev–Trinajstić information content (AvgIpc) is 3.31. The molecular formula is C25H22N6O5. The number of hydrogen-bond donors (Lipinski definition) is 2. The van der Waals surface area contributed by atoms with Gasteiger partial charge in [-0.05, 0) is 30.3 Å². The van der Waals surface area contributed by atoms with Gasteiger partial charge in [-0.15, -0.1) is 0 Å². The predicted octanol–water partition coefficient (Wildman–Crippen LogP) is 4.13. The first-order chi connectivity index (χ1) is 17.4. The molecule has 0 fully saturated rings. The van der Waals surface area contributed by atoms with Crippen molar-refractivity contribution < 1.29 is 14.6 Å². The highest BCUT2D eigenvalue weighted by atomic mass is 16.6. The summed E-state index contributed by atoms with van der Waals surface area (Å²) in [5.41, 5.74) is 2.95. The minimum Gasteiger partial charge on any atom is -0.378 e. The lowest BCUT2D eigenvalue weighted by molar-refractivity contribution is -0.384. The minimum atomic E-state index is -0.473. The maximum Gasteiger partial charge on any atom is 0.292 e. The Morgan fingerprint density at radius 2 is 1.56 bits per heavy atom. The molecule has 11 heteroatoms. The number of anilines is 1. The van der Waals surface area contributed by atoms with Gasteiger partial charge in [-0.2, -0.15) is 5.10 Å². The van der Waals surface area contributed by atoms with E-state index in [4.69, 9.17) is 0 Å². The Hall–Kier alpha value is -5.06. The monoisotopic (exact) mass is 486 g/mol. The summed E-state index contributed by atoms with van der Waals surface area (Å²) in [6, 6.07) is 21.7. The number of nitro benzene ring substituents is 2. The lowest BCUT2D eigenvalue weighted by Crippen LogP contribution is -2.30. The summed E-state index contributed by atoms with van der Waals surface area (Å²) in [5, 5.41) is 32.5. The van der Waals surface area contributed by atoms with E-state index in [9.17, 15) is 25.0 Å². The Bertz CT molecular complexity index is 1390. The SMILES string of the molecule is O=C(Cc1cn(-c2ccccc2)nc1-c1ccc([N+](=O)[O-])cc1)NCCNc1ccccc1[N+](=O)[O-]. The number of non-ortho nitro benzene ring substituents is 1. The lowest BCUT2D eigenvalue weighted by atomic mass is 10.1. The Kier molecular flexibility index (Phi) is 7.30. The molecule has 0 aliphatic heterocycles. The number of nitrogens with zero attached hydrogens (tertiary/aromatic N) is 4. The quantitative estimate of drug-likeness (QED) is 0.195. The molecule has 4 aromatic rings. The van der Waals surface area contributed by atoms with E-state index in [1.807, 2.05) is 30.3 Å². The topological polar surface area (TPSA) is 145 Å². The number of amides is 1. The van der Waals surface area contributed by atoms with Crippen LogP contribution < -0.4 is 10.6 Å². The van der Waals surface area contributed by atoms with E-state index in [0.717, 1.165) is 5.69 Å². The molecule has 0 aliphatic rings. The van der Waals surface area contributed by atoms with Crippen molar-refractivity contribution in [3.63, 3.8) is 0 Å². The Morgan fingerprint density at radius 3 is 2.25 bits per heavy atom. The maximum absolute atomic E-state index is 12.7. The van der Waals surface area contributed by atoms with Gasteiger partial charge in [-0.1, -0.05) is 30.3 Å². The van der Waals surface area contributed by atoms with Crippen molar-refractivity contribution in [2.24, 2.45) is 0 Å². The van der Waals surface area contributed by atoms with Crippen LogP contribution in [-0.2, 0) is 11.2 Å². The van der Waals surface area contributed by atoms with Crippen molar-refractivity contribution in [1.29, 1.82) is 0 Å². The van der Waals surface area contributed by atoms with Gasteiger partial charge in [0.1, 0.15) is 5.69 Å². The van der Waals surface area contributed by atoms with Gasteiger partial charge >= 0.3 is 0 Å². The van der Waals surface area contributed by atoms with Gasteiger partial charge in [-0.3, -0.25) is 25.0 Å². The van der Waals surface area contributed by atoms with E-state index >= 15 is 0 Å². The lowest BCUT2D eigenvalue weighted by Gasteiger charge is -2.08. The normalized spacial score (nSPS) is 10.6. The van der Waals surface area contributed by atoms with Crippen molar-refractivity contribution in [3.8, 4) is 16.9 Å². The van der Waals surface area contributed by atoms with Crippen LogP contribution in [0.25, 0.3) is 16.9 Å². The van der Waals surface area contributed by atoms with Gasteiger partial charge in [0.15, 0.2) is 0 Å². The van der Waals surface area contributed by atoms with Crippen molar-refractivity contribution in [2.45, 2.75) is 6.42 Å². The van der Waals surface area contributed by atoms with Crippen LogP contribution in [0.2, 0.25) is 0 Å². The largest absolute Gasteiger partial charge is 0.378 e. The molecule has 0 bridgehead atoms. The van der Waals surface area contributed by atoms with Crippen LogP contribution in [0.3, 0.4) is 0 Å². The highest BCUT2D eigenvalue weighted by molar-refractivity contribution is 5.81. The summed E-state index contributed by atoms with van der Waals surface area (Å²) in [6.07, 6.45) is 1.79. The molecule has 11 nitrogen and oxygen atoms in total. The summed E-state index contributed by atoms with van der Waals surface area (Å²) in [4.78, 5) is 33.9. The summed E-state index contributed by atoms with van der Waals surface area (Å²) >= 11 is 0. The second kappa shape index (κ2) is 10.9. The highest BCUT2D eigenvalue weighted by Crippen LogP contribution is 2.26. The van der Waals surface area contributed by atoms with E-state index in [0.29, 0.717) is 29.1 Å². The Morgan fingerprint density at radius 1 is 0.861 bits per heavy atom. The standard InChI is InChI=1S/C25H22N6O5/c32-24(27-15-14-26-22-8-4-5-9-23(22)31(35)36)16-19-17-29(20-6-2-1-3-7-20)28-25(19)18-10-12-21(13-11-18)30(33)34/h1-13,17,26H,14-16H2,(H,27,32). The number of benzene rings is 3. The van der Waals surface area contributed by atoms with E-state index in [-0.39, 0.29) is 30.2 Å². The molecule has 4 rings (SSSR count). The number of nitrogens with one attached hydrogen (secondary N) is 2. The van der Waals surface area contributed by atoms with E-state index in [2.05, 4.69) is 15.7 Å². The van der Waals surface area contributed by atoms with Crippen molar-refractivity contribution in [2.75, 3.05) is 18.4 Å². The third-order valence-electron chi connectivity index (χ3n) is 5.38. The molecule has 182 valence electrons. The van der Waals surface area contributed by atoms with Crippen LogP contribution in [-0.4, -0.2) is 38.6 Å². The van der Waals surface area contributed by atoms with Crippen LogP contribution >= 0.6 is 0 Å². The zero-order chi connectivity index (χ0) is 25.5. The fraction of sp³-hybridized carbons (Fsp3) is 0.120. The third kappa shape index (κ3) is 5.70. The van der Waals surface area contributed by atoms with Gasteiger partial charge in [-0.25, -0.2) is 4.68 Å². The Balaban J connectivity index is 1.46. The maximum atomic E-state index is 12.7. The minimum absolute atomic E-state index is 0.0324. The molecule has 0 aliphatic carbocycles. The number of hydrogen-bond acceptors (Lipinski definition) is 7. The van der Waals surface area contributed by atoms with Crippen LogP contribution in [0.4, 0.5) is 17.1 Å². The molecule has 0 unspecified atom stereocenters. The summed E-state index contributed by atoms with van der Waals surface area (Å²) in [7, 11) is 0. The van der Waals surface area contributed by atoms with Crippen molar-refractivity contribution in [1.82, 2.24) is 15.1 Å². The van der Waals surface area contributed by atoms with Crippen LogP contribution in [0.1, 0.15) is 5.56 Å². The first kappa shape index (κ1) is 24.1. The predicted molar refractivity (Wildman–Crippen MR) is 134 cm³/mol.